The first kappa shape index (κ1) is 21.7. The lowest BCUT2D eigenvalue weighted by Crippen LogP contribution is -2.57. The number of fused-ring (bicyclic) bond motifs is 3. The minimum atomic E-state index is -0.809. The molecule has 1 amide bonds. The van der Waals surface area contributed by atoms with E-state index in [9.17, 15) is 4.79 Å². The first-order valence-electron chi connectivity index (χ1n) is 10.7. The molecule has 3 aromatic carbocycles. The Morgan fingerprint density at radius 2 is 1.94 bits per heavy atom. The second kappa shape index (κ2) is 8.01. The minimum Gasteiger partial charge on any atom is -0.386 e. The smallest absolute Gasteiger partial charge is 0.249 e. The highest BCUT2D eigenvalue weighted by Gasteiger charge is 2.48. The molecule has 1 fully saturated rings. The Morgan fingerprint density at radius 1 is 1.18 bits per heavy atom. The normalized spacial score (nSPS) is 19.2. The largest absolute Gasteiger partial charge is 0.386 e. The van der Waals surface area contributed by atoms with Crippen molar-refractivity contribution in [2.24, 2.45) is 5.73 Å². The van der Waals surface area contributed by atoms with Crippen LogP contribution in [0.3, 0.4) is 0 Å². The van der Waals surface area contributed by atoms with E-state index in [4.69, 9.17) is 17.3 Å². The summed E-state index contributed by atoms with van der Waals surface area (Å²) in [6.45, 7) is 2.00. The van der Waals surface area contributed by atoms with Gasteiger partial charge in [0.1, 0.15) is 5.82 Å². The van der Waals surface area contributed by atoms with E-state index in [2.05, 4.69) is 15.5 Å². The lowest BCUT2D eigenvalue weighted by molar-refractivity contribution is 0.100. The Bertz CT molecular complexity index is 1270. The number of nitrogens with two attached hydrogens (primary N) is 1. The van der Waals surface area contributed by atoms with Gasteiger partial charge in [-0.1, -0.05) is 41.9 Å². The predicted octanol–water partition coefficient (Wildman–Crippen LogP) is 4.29. The van der Waals surface area contributed by atoms with Gasteiger partial charge in [0.05, 0.1) is 21.8 Å². The number of piperazine rings is 1. The Balaban J connectivity index is 1.82. The highest BCUT2D eigenvalue weighted by atomic mass is 35.5. The summed E-state index contributed by atoms with van der Waals surface area (Å²) in [4.78, 5) is 14.4. The van der Waals surface area contributed by atoms with Gasteiger partial charge in [-0.25, -0.2) is 8.78 Å². The van der Waals surface area contributed by atoms with Crippen molar-refractivity contribution in [1.82, 2.24) is 5.32 Å². The fourth-order valence-corrected chi connectivity index (χ4v) is 5.52. The molecule has 0 aromatic heterocycles. The van der Waals surface area contributed by atoms with Gasteiger partial charge in [0.2, 0.25) is 5.91 Å². The molecule has 0 spiro atoms. The van der Waals surface area contributed by atoms with Crippen molar-refractivity contribution in [3.05, 3.63) is 81.9 Å². The highest BCUT2D eigenvalue weighted by molar-refractivity contribution is 6.34. The van der Waals surface area contributed by atoms with E-state index in [1.165, 1.54) is 18.2 Å². The van der Waals surface area contributed by atoms with E-state index >= 15 is 8.78 Å². The highest BCUT2D eigenvalue weighted by Crippen LogP contribution is 2.52. The zero-order chi connectivity index (χ0) is 23.3. The van der Waals surface area contributed by atoms with Crippen LogP contribution in [0.2, 0.25) is 5.02 Å². The maximum atomic E-state index is 15.7. The summed E-state index contributed by atoms with van der Waals surface area (Å²) in [5.74, 6) is -2.17. The van der Waals surface area contributed by atoms with Crippen LogP contribution in [0.25, 0.3) is 11.1 Å². The molecule has 0 radical (unpaired) electrons. The Morgan fingerprint density at radius 3 is 2.64 bits per heavy atom. The van der Waals surface area contributed by atoms with E-state index < -0.39 is 23.1 Å². The van der Waals surface area contributed by atoms with Crippen molar-refractivity contribution in [3.63, 3.8) is 0 Å². The zero-order valence-corrected chi connectivity index (χ0v) is 18.8. The SMILES string of the molecule is CNc1ccc(C(N)=O)c(-c2c(Cl)c(F)cc3c2C[C@]2(c4ccccc4)CNCCN32)c1F. The van der Waals surface area contributed by atoms with Gasteiger partial charge in [0.15, 0.2) is 5.82 Å². The molecule has 0 unspecified atom stereocenters. The van der Waals surface area contributed by atoms with Gasteiger partial charge in [-0.3, -0.25) is 4.79 Å². The summed E-state index contributed by atoms with van der Waals surface area (Å²) in [5, 5.41) is 6.00. The van der Waals surface area contributed by atoms with E-state index in [1.807, 2.05) is 30.3 Å². The second-order valence-corrected chi connectivity index (χ2v) is 8.79. The van der Waals surface area contributed by atoms with Gasteiger partial charge in [0, 0.05) is 49.9 Å². The van der Waals surface area contributed by atoms with Crippen molar-refractivity contribution in [2.75, 3.05) is 36.9 Å². The van der Waals surface area contributed by atoms with Gasteiger partial charge in [-0.2, -0.15) is 0 Å². The zero-order valence-electron chi connectivity index (χ0n) is 18.0. The monoisotopic (exact) mass is 468 g/mol. The van der Waals surface area contributed by atoms with Gasteiger partial charge >= 0.3 is 0 Å². The first-order valence-corrected chi connectivity index (χ1v) is 11.1. The molecule has 2 heterocycles. The predicted molar refractivity (Wildman–Crippen MR) is 127 cm³/mol. The van der Waals surface area contributed by atoms with E-state index in [-0.39, 0.29) is 27.4 Å². The van der Waals surface area contributed by atoms with Gasteiger partial charge < -0.3 is 21.3 Å². The summed E-state index contributed by atoms with van der Waals surface area (Å²) in [6.07, 6.45) is 0.468. The molecule has 2 aliphatic heterocycles. The molecular weight excluding hydrogens is 446 g/mol. The van der Waals surface area contributed by atoms with E-state index in [0.29, 0.717) is 30.8 Å². The molecule has 33 heavy (non-hydrogen) atoms. The van der Waals surface area contributed by atoms with E-state index in [0.717, 1.165) is 12.1 Å². The van der Waals surface area contributed by atoms with Crippen molar-refractivity contribution in [3.8, 4) is 11.1 Å². The molecule has 3 aromatic rings. The van der Waals surface area contributed by atoms with Crippen molar-refractivity contribution in [2.45, 2.75) is 12.0 Å². The topological polar surface area (TPSA) is 70.4 Å². The second-order valence-electron chi connectivity index (χ2n) is 8.41. The molecule has 0 saturated carbocycles. The van der Waals surface area contributed by atoms with Gasteiger partial charge in [-0.15, -0.1) is 0 Å². The number of hydrogen-bond donors (Lipinski definition) is 3. The van der Waals surface area contributed by atoms with Crippen molar-refractivity contribution in [1.29, 1.82) is 0 Å². The van der Waals surface area contributed by atoms with E-state index in [1.54, 1.807) is 7.05 Å². The molecular formula is C25H23ClF2N4O. The molecule has 8 heteroatoms. The molecule has 1 atom stereocenters. The van der Waals surface area contributed by atoms with Crippen LogP contribution in [0.1, 0.15) is 21.5 Å². The van der Waals surface area contributed by atoms with Crippen LogP contribution in [0.15, 0.2) is 48.5 Å². The van der Waals surface area contributed by atoms with Gasteiger partial charge in [-0.05, 0) is 29.3 Å². The third kappa shape index (κ3) is 3.18. The number of carbonyl (C=O) groups excluding carboxylic acids is 1. The number of nitrogens with zero attached hydrogens (tertiary/aromatic N) is 1. The number of rotatable bonds is 4. The number of nitrogens with one attached hydrogen (secondary N) is 2. The van der Waals surface area contributed by atoms with Crippen LogP contribution in [0.4, 0.5) is 20.2 Å². The summed E-state index contributed by atoms with van der Waals surface area (Å²) >= 11 is 6.50. The van der Waals surface area contributed by atoms with Gasteiger partial charge in [0.25, 0.3) is 0 Å². The fourth-order valence-electron chi connectivity index (χ4n) is 5.26. The van der Waals surface area contributed by atoms with Crippen LogP contribution in [0.5, 0.6) is 0 Å². The summed E-state index contributed by atoms with van der Waals surface area (Å²) in [5.41, 5.74) is 7.75. The minimum absolute atomic E-state index is 0.0436. The van der Waals surface area contributed by atoms with Crippen LogP contribution in [-0.2, 0) is 12.0 Å². The quantitative estimate of drug-likeness (QED) is 0.534. The maximum absolute atomic E-state index is 15.7. The molecule has 170 valence electrons. The molecule has 0 bridgehead atoms. The number of amides is 1. The molecule has 5 rings (SSSR count). The Hall–Kier alpha value is -3.16. The number of anilines is 2. The maximum Gasteiger partial charge on any atom is 0.249 e. The van der Waals surface area contributed by atoms with Crippen LogP contribution in [0, 0.1) is 11.6 Å². The molecule has 5 nitrogen and oxygen atoms in total. The lowest BCUT2D eigenvalue weighted by atomic mass is 9.83. The van der Waals surface area contributed by atoms with Crippen molar-refractivity contribution < 1.29 is 13.6 Å². The van der Waals surface area contributed by atoms with Crippen LogP contribution < -0.4 is 21.3 Å². The fraction of sp³-hybridized carbons (Fsp3) is 0.240. The number of halogens is 3. The average molecular weight is 469 g/mol. The number of carbonyl (C=O) groups is 1. The summed E-state index contributed by atoms with van der Waals surface area (Å²) < 4.78 is 30.9. The lowest BCUT2D eigenvalue weighted by Gasteiger charge is -2.45. The standard InChI is InChI=1S/C25H23ClF2N4O/c1-30-18-8-7-15(24(29)33)21(23(18)28)20-16-12-25(14-5-3-2-4-6-14)13-31-9-10-32(25)19(16)11-17(27)22(20)26/h2-8,11,30-31H,9-10,12-13H2,1H3,(H2,29,33)/t25-/m1/s1. The van der Waals surface area contributed by atoms with Crippen LogP contribution in [-0.4, -0.2) is 32.6 Å². The summed E-state index contributed by atoms with van der Waals surface area (Å²) in [7, 11) is 1.57. The Labute approximate surface area is 195 Å². The third-order valence-electron chi connectivity index (χ3n) is 6.75. The van der Waals surface area contributed by atoms with Crippen molar-refractivity contribution >= 4 is 28.9 Å². The molecule has 2 aliphatic rings. The Kier molecular flexibility index (Phi) is 5.26. The average Bonchev–Trinajstić information content (AvgIpc) is 3.15. The number of primary amides is 1. The molecule has 0 aliphatic carbocycles. The third-order valence-corrected chi connectivity index (χ3v) is 7.12. The number of benzene rings is 3. The molecule has 1 saturated heterocycles. The summed E-state index contributed by atoms with van der Waals surface area (Å²) in [6, 6.07) is 14.3. The first-order chi connectivity index (χ1) is 15.9. The van der Waals surface area contributed by atoms with Crippen LogP contribution >= 0.6 is 11.6 Å². The number of hydrogen-bond acceptors (Lipinski definition) is 4. The molecule has 4 N–H and O–H groups in total.